The van der Waals surface area contributed by atoms with Crippen molar-refractivity contribution in [3.8, 4) is 11.9 Å². The standard InChI is InChI=1S/C13H14N4O3/c1-6-9-11(17-16-6)20-10(15)8(4-14)13(9)3-2-7-5-18-12(13)19-7/h7,12H,2-3,5,15H2,1H3,(H,16,17)/t7-,12+,13-/m0/s1. The van der Waals surface area contributed by atoms with Gasteiger partial charge in [0.25, 0.3) is 0 Å². The Balaban J connectivity index is 1.99. The van der Waals surface area contributed by atoms with Crippen molar-refractivity contribution in [2.24, 2.45) is 5.73 Å². The summed E-state index contributed by atoms with van der Waals surface area (Å²) in [5, 5.41) is 16.6. The van der Waals surface area contributed by atoms with Gasteiger partial charge in [-0.25, -0.2) is 0 Å². The van der Waals surface area contributed by atoms with Gasteiger partial charge >= 0.3 is 0 Å². The van der Waals surface area contributed by atoms with E-state index in [1.165, 1.54) is 0 Å². The van der Waals surface area contributed by atoms with Gasteiger partial charge in [0.05, 0.1) is 23.7 Å². The molecule has 3 atom stereocenters. The number of fused-ring (bicyclic) bond motifs is 5. The molecule has 0 aliphatic carbocycles. The number of rotatable bonds is 0. The summed E-state index contributed by atoms with van der Waals surface area (Å²) in [5.41, 5.74) is 7.26. The zero-order chi connectivity index (χ0) is 13.9. The van der Waals surface area contributed by atoms with E-state index >= 15 is 0 Å². The minimum atomic E-state index is -0.712. The van der Waals surface area contributed by atoms with Crippen molar-refractivity contribution in [1.82, 2.24) is 10.2 Å². The number of aryl methyl sites for hydroxylation is 1. The fourth-order valence-corrected chi connectivity index (χ4v) is 3.51. The minimum Gasteiger partial charge on any atom is -0.420 e. The number of aromatic amines is 1. The smallest absolute Gasteiger partial charge is 0.244 e. The van der Waals surface area contributed by atoms with Crippen molar-refractivity contribution < 1.29 is 14.2 Å². The van der Waals surface area contributed by atoms with Crippen LogP contribution in [-0.4, -0.2) is 29.2 Å². The third-order valence-corrected chi connectivity index (χ3v) is 4.38. The molecule has 1 aromatic rings. The predicted molar refractivity (Wildman–Crippen MR) is 66.3 cm³/mol. The van der Waals surface area contributed by atoms with E-state index in [2.05, 4.69) is 16.3 Å². The van der Waals surface area contributed by atoms with Crippen LogP contribution in [0.5, 0.6) is 5.88 Å². The Morgan fingerprint density at radius 3 is 3.20 bits per heavy atom. The van der Waals surface area contributed by atoms with Crippen LogP contribution in [0.25, 0.3) is 0 Å². The van der Waals surface area contributed by atoms with Crippen LogP contribution in [0.15, 0.2) is 11.5 Å². The molecule has 2 saturated heterocycles. The van der Waals surface area contributed by atoms with Gasteiger partial charge in [0, 0.05) is 5.69 Å². The number of ether oxygens (including phenoxy) is 3. The topological polar surface area (TPSA) is 106 Å². The number of aromatic nitrogens is 2. The average Bonchev–Trinajstić information content (AvgIpc) is 3.00. The monoisotopic (exact) mass is 274 g/mol. The van der Waals surface area contributed by atoms with E-state index in [9.17, 15) is 5.26 Å². The molecule has 4 heterocycles. The maximum Gasteiger partial charge on any atom is 0.244 e. The maximum atomic E-state index is 9.55. The molecule has 0 unspecified atom stereocenters. The van der Waals surface area contributed by atoms with Crippen LogP contribution >= 0.6 is 0 Å². The highest BCUT2D eigenvalue weighted by Gasteiger charge is 2.58. The highest BCUT2D eigenvalue weighted by Crippen LogP contribution is 2.53. The van der Waals surface area contributed by atoms with Gasteiger partial charge in [0.15, 0.2) is 6.29 Å². The lowest BCUT2D eigenvalue weighted by Crippen LogP contribution is -2.48. The lowest BCUT2D eigenvalue weighted by molar-refractivity contribution is -0.126. The normalized spacial score (nSPS) is 34.8. The molecule has 0 saturated carbocycles. The Kier molecular flexibility index (Phi) is 2.20. The SMILES string of the molecule is Cc1[nH]nc2c1[C@]1(CC[C@H]3CO[C@@H]1O3)C(C#N)=C(N)O2. The van der Waals surface area contributed by atoms with Crippen molar-refractivity contribution in [1.29, 1.82) is 5.26 Å². The van der Waals surface area contributed by atoms with E-state index in [0.717, 1.165) is 24.1 Å². The molecular formula is C13H14N4O3. The first-order valence-corrected chi connectivity index (χ1v) is 6.57. The largest absolute Gasteiger partial charge is 0.420 e. The summed E-state index contributed by atoms with van der Waals surface area (Å²) in [6, 6.07) is 2.18. The van der Waals surface area contributed by atoms with Crippen LogP contribution in [0.4, 0.5) is 0 Å². The molecule has 0 amide bonds. The summed E-state index contributed by atoms with van der Waals surface area (Å²) < 4.78 is 17.1. The molecule has 7 nitrogen and oxygen atoms in total. The molecule has 7 heteroatoms. The predicted octanol–water partition coefficient (Wildman–Crippen LogP) is 0.578. The Morgan fingerprint density at radius 1 is 1.55 bits per heavy atom. The summed E-state index contributed by atoms with van der Waals surface area (Å²) in [4.78, 5) is 0. The van der Waals surface area contributed by atoms with Gasteiger partial charge < -0.3 is 19.9 Å². The molecule has 0 aromatic carbocycles. The molecule has 3 aliphatic heterocycles. The molecule has 4 rings (SSSR count). The molecule has 3 N–H and O–H groups in total. The highest BCUT2D eigenvalue weighted by molar-refractivity contribution is 5.55. The summed E-state index contributed by atoms with van der Waals surface area (Å²) in [5.74, 6) is 0.501. The summed E-state index contributed by atoms with van der Waals surface area (Å²) >= 11 is 0. The molecule has 3 aliphatic rings. The molecule has 104 valence electrons. The number of H-pyrrole nitrogens is 1. The third-order valence-electron chi connectivity index (χ3n) is 4.38. The van der Waals surface area contributed by atoms with E-state index in [4.69, 9.17) is 19.9 Å². The van der Waals surface area contributed by atoms with Crippen molar-refractivity contribution in [2.45, 2.75) is 37.6 Å². The number of nitrogens with two attached hydrogens (primary N) is 1. The number of nitriles is 1. The van der Waals surface area contributed by atoms with Crippen LogP contribution in [0, 0.1) is 18.3 Å². The lowest BCUT2D eigenvalue weighted by Gasteiger charge is -2.42. The summed E-state index contributed by atoms with van der Waals surface area (Å²) in [6.07, 6.45) is 1.15. The molecule has 2 bridgehead atoms. The second-order valence-corrected chi connectivity index (χ2v) is 5.42. The zero-order valence-electron chi connectivity index (χ0n) is 11.0. The number of hydrogen-bond acceptors (Lipinski definition) is 6. The number of nitrogens with zero attached hydrogens (tertiary/aromatic N) is 2. The lowest BCUT2D eigenvalue weighted by atomic mass is 9.68. The fraction of sp³-hybridized carbons (Fsp3) is 0.538. The zero-order valence-corrected chi connectivity index (χ0v) is 11.0. The molecule has 2 fully saturated rings. The van der Waals surface area contributed by atoms with E-state index in [1.807, 2.05) is 6.92 Å². The van der Waals surface area contributed by atoms with Gasteiger partial charge in [-0.3, -0.25) is 5.10 Å². The van der Waals surface area contributed by atoms with Crippen LogP contribution in [-0.2, 0) is 14.9 Å². The Labute approximate surface area is 115 Å². The van der Waals surface area contributed by atoms with Crippen LogP contribution < -0.4 is 10.5 Å². The first-order valence-electron chi connectivity index (χ1n) is 6.57. The first kappa shape index (κ1) is 11.8. The number of nitrogens with one attached hydrogen (secondary N) is 1. The summed E-state index contributed by atoms with van der Waals surface area (Å²) in [6.45, 7) is 2.45. The van der Waals surface area contributed by atoms with Gasteiger partial charge in [-0.15, -0.1) is 5.10 Å². The van der Waals surface area contributed by atoms with Crippen molar-refractivity contribution in [3.63, 3.8) is 0 Å². The highest BCUT2D eigenvalue weighted by atomic mass is 16.7. The van der Waals surface area contributed by atoms with E-state index < -0.39 is 11.7 Å². The van der Waals surface area contributed by atoms with Crippen LogP contribution in [0.2, 0.25) is 0 Å². The van der Waals surface area contributed by atoms with Gasteiger partial charge in [0.1, 0.15) is 11.6 Å². The van der Waals surface area contributed by atoms with Gasteiger partial charge in [-0.2, -0.15) is 5.26 Å². The second-order valence-electron chi connectivity index (χ2n) is 5.42. The fourth-order valence-electron chi connectivity index (χ4n) is 3.51. The van der Waals surface area contributed by atoms with Crippen molar-refractivity contribution in [2.75, 3.05) is 6.61 Å². The molecule has 1 aromatic heterocycles. The number of hydrogen-bond donors (Lipinski definition) is 2. The second kappa shape index (κ2) is 3.75. The van der Waals surface area contributed by atoms with Crippen molar-refractivity contribution in [3.05, 3.63) is 22.7 Å². The van der Waals surface area contributed by atoms with Gasteiger partial charge in [-0.1, -0.05) is 0 Å². The third kappa shape index (κ3) is 1.23. The quantitative estimate of drug-likeness (QED) is 0.716. The van der Waals surface area contributed by atoms with E-state index in [0.29, 0.717) is 18.1 Å². The van der Waals surface area contributed by atoms with Gasteiger partial charge in [-0.05, 0) is 19.8 Å². The van der Waals surface area contributed by atoms with Gasteiger partial charge in [0.2, 0.25) is 11.8 Å². The van der Waals surface area contributed by atoms with E-state index in [1.54, 1.807) is 0 Å². The molecule has 20 heavy (non-hydrogen) atoms. The Bertz CT molecular complexity index is 659. The molecule has 1 spiro atoms. The Morgan fingerprint density at radius 2 is 2.40 bits per heavy atom. The van der Waals surface area contributed by atoms with Crippen LogP contribution in [0.3, 0.4) is 0 Å². The average molecular weight is 274 g/mol. The molecular weight excluding hydrogens is 260 g/mol. The van der Waals surface area contributed by atoms with Crippen molar-refractivity contribution >= 4 is 0 Å². The maximum absolute atomic E-state index is 9.55. The van der Waals surface area contributed by atoms with E-state index in [-0.39, 0.29) is 12.0 Å². The Hall–Kier alpha value is -2.04. The molecule has 0 radical (unpaired) electrons. The minimum absolute atomic E-state index is 0.0871. The van der Waals surface area contributed by atoms with Crippen LogP contribution in [0.1, 0.15) is 24.1 Å². The summed E-state index contributed by atoms with van der Waals surface area (Å²) in [7, 11) is 0. The first-order chi connectivity index (χ1) is 9.66.